The third-order valence-electron chi connectivity index (χ3n) is 3.59. The molecule has 0 heterocycles. The Morgan fingerprint density at radius 2 is 2.22 bits per heavy atom. The average molecular weight is 248 g/mol. The Labute approximate surface area is 107 Å². The van der Waals surface area contributed by atoms with E-state index < -0.39 is 5.54 Å². The predicted molar refractivity (Wildman–Crippen MR) is 70.2 cm³/mol. The van der Waals surface area contributed by atoms with E-state index in [0.29, 0.717) is 0 Å². The lowest BCUT2D eigenvalue weighted by atomic mass is 9.86. The zero-order valence-corrected chi connectivity index (χ0v) is 10.9. The van der Waals surface area contributed by atoms with Gasteiger partial charge >= 0.3 is 0 Å². The number of aryl methyl sites for hydroxylation is 1. The molecule has 0 spiro atoms. The van der Waals surface area contributed by atoms with Crippen LogP contribution in [0.1, 0.15) is 43.9 Å². The van der Waals surface area contributed by atoms with Gasteiger partial charge in [0.15, 0.2) is 0 Å². The van der Waals surface area contributed by atoms with Gasteiger partial charge in [0, 0.05) is 6.04 Å². The zero-order valence-electron chi connectivity index (χ0n) is 10.9. The summed E-state index contributed by atoms with van der Waals surface area (Å²) in [5.74, 6) is -0.103. The number of phenols is 1. The Morgan fingerprint density at radius 1 is 1.50 bits per heavy atom. The number of carbonyl (C=O) groups excluding carboxylic acids is 1. The maximum absolute atomic E-state index is 11.4. The van der Waals surface area contributed by atoms with E-state index in [2.05, 4.69) is 5.32 Å². The SMILES string of the molecule is CC(C)(NC1CCCc2ccc(O)cc21)C(N)=O. The predicted octanol–water partition coefficient (Wildman–Crippen LogP) is 1.62. The molecule has 1 aliphatic carbocycles. The number of benzene rings is 1. The van der Waals surface area contributed by atoms with Crippen LogP contribution in [0.25, 0.3) is 0 Å². The number of hydrogen-bond donors (Lipinski definition) is 3. The molecular weight excluding hydrogens is 228 g/mol. The smallest absolute Gasteiger partial charge is 0.237 e. The van der Waals surface area contributed by atoms with Gasteiger partial charge in [-0.1, -0.05) is 6.07 Å². The average Bonchev–Trinajstić information content (AvgIpc) is 2.29. The number of fused-ring (bicyclic) bond motifs is 1. The molecule has 4 nitrogen and oxygen atoms in total. The van der Waals surface area contributed by atoms with Crippen LogP contribution in [0, 0.1) is 0 Å². The normalized spacial score (nSPS) is 19.3. The quantitative estimate of drug-likeness (QED) is 0.761. The van der Waals surface area contributed by atoms with Crippen LogP contribution in [0.4, 0.5) is 0 Å². The van der Waals surface area contributed by atoms with Crippen LogP contribution in [-0.4, -0.2) is 16.6 Å². The van der Waals surface area contributed by atoms with Crippen LogP contribution in [0.15, 0.2) is 18.2 Å². The number of rotatable bonds is 3. The van der Waals surface area contributed by atoms with Crippen LogP contribution in [0.2, 0.25) is 0 Å². The molecule has 1 amide bonds. The Balaban J connectivity index is 2.27. The van der Waals surface area contributed by atoms with E-state index >= 15 is 0 Å². The standard InChI is InChI=1S/C14H20N2O2/c1-14(2,13(15)18)16-12-5-3-4-9-6-7-10(17)8-11(9)12/h6-8,12,16-17H,3-5H2,1-2H3,(H2,15,18). The number of primary amides is 1. The molecule has 0 aromatic heterocycles. The van der Waals surface area contributed by atoms with Gasteiger partial charge < -0.3 is 10.8 Å². The fraction of sp³-hybridized carbons (Fsp3) is 0.500. The monoisotopic (exact) mass is 248 g/mol. The Morgan fingerprint density at radius 3 is 2.89 bits per heavy atom. The summed E-state index contributed by atoms with van der Waals surface area (Å²) in [6.07, 6.45) is 3.04. The lowest BCUT2D eigenvalue weighted by Gasteiger charge is -2.33. The van der Waals surface area contributed by atoms with E-state index in [1.165, 1.54) is 5.56 Å². The Bertz CT molecular complexity index is 469. The van der Waals surface area contributed by atoms with Gasteiger partial charge in [-0.2, -0.15) is 0 Å². The molecule has 0 radical (unpaired) electrons. The fourth-order valence-corrected chi connectivity index (χ4v) is 2.44. The van der Waals surface area contributed by atoms with Gasteiger partial charge in [0.2, 0.25) is 5.91 Å². The van der Waals surface area contributed by atoms with E-state index in [4.69, 9.17) is 5.73 Å². The van der Waals surface area contributed by atoms with Gasteiger partial charge in [-0.25, -0.2) is 0 Å². The molecule has 1 aromatic rings. The topological polar surface area (TPSA) is 75.3 Å². The number of carbonyl (C=O) groups is 1. The Hall–Kier alpha value is -1.55. The van der Waals surface area contributed by atoms with Crippen molar-refractivity contribution in [1.82, 2.24) is 5.32 Å². The number of hydrogen-bond acceptors (Lipinski definition) is 3. The minimum Gasteiger partial charge on any atom is -0.508 e. The van der Waals surface area contributed by atoms with Crippen LogP contribution in [0.3, 0.4) is 0 Å². The van der Waals surface area contributed by atoms with Gasteiger partial charge in [0.25, 0.3) is 0 Å². The third kappa shape index (κ3) is 2.48. The summed E-state index contributed by atoms with van der Waals surface area (Å²) in [4.78, 5) is 11.4. The molecular formula is C14H20N2O2. The van der Waals surface area contributed by atoms with Crippen molar-refractivity contribution in [3.63, 3.8) is 0 Å². The number of aromatic hydroxyl groups is 1. The first-order valence-electron chi connectivity index (χ1n) is 6.29. The van der Waals surface area contributed by atoms with Crippen molar-refractivity contribution < 1.29 is 9.90 Å². The molecule has 4 N–H and O–H groups in total. The first kappa shape index (κ1) is 12.9. The minimum absolute atomic E-state index is 0.0725. The van der Waals surface area contributed by atoms with E-state index in [9.17, 15) is 9.90 Å². The van der Waals surface area contributed by atoms with Crippen LogP contribution < -0.4 is 11.1 Å². The number of nitrogens with two attached hydrogens (primary N) is 1. The fourth-order valence-electron chi connectivity index (χ4n) is 2.44. The van der Waals surface area contributed by atoms with Crippen molar-refractivity contribution in [2.24, 2.45) is 5.73 Å². The largest absolute Gasteiger partial charge is 0.508 e. The third-order valence-corrected chi connectivity index (χ3v) is 3.59. The summed E-state index contributed by atoms with van der Waals surface area (Å²) < 4.78 is 0. The molecule has 0 saturated carbocycles. The number of phenolic OH excluding ortho intramolecular Hbond substituents is 1. The van der Waals surface area contributed by atoms with E-state index in [1.807, 2.05) is 6.07 Å². The second kappa shape index (κ2) is 4.61. The molecule has 18 heavy (non-hydrogen) atoms. The minimum atomic E-state index is -0.745. The van der Waals surface area contributed by atoms with Crippen molar-refractivity contribution in [3.05, 3.63) is 29.3 Å². The summed E-state index contributed by atoms with van der Waals surface area (Å²) in [6.45, 7) is 3.57. The molecule has 0 aliphatic heterocycles. The summed E-state index contributed by atoms with van der Waals surface area (Å²) in [7, 11) is 0. The highest BCUT2D eigenvalue weighted by molar-refractivity contribution is 5.83. The summed E-state index contributed by atoms with van der Waals surface area (Å²) in [5, 5.41) is 12.9. The van der Waals surface area contributed by atoms with Gasteiger partial charge in [-0.15, -0.1) is 0 Å². The van der Waals surface area contributed by atoms with Gasteiger partial charge in [0.05, 0.1) is 5.54 Å². The molecule has 0 fully saturated rings. The molecule has 1 aliphatic rings. The highest BCUT2D eigenvalue weighted by Crippen LogP contribution is 2.33. The first-order valence-corrected chi connectivity index (χ1v) is 6.29. The maximum Gasteiger partial charge on any atom is 0.237 e. The highest BCUT2D eigenvalue weighted by atomic mass is 16.3. The molecule has 0 saturated heterocycles. The van der Waals surface area contributed by atoms with Crippen molar-refractivity contribution in [2.75, 3.05) is 0 Å². The van der Waals surface area contributed by atoms with E-state index in [-0.39, 0.29) is 17.7 Å². The molecule has 1 atom stereocenters. The maximum atomic E-state index is 11.4. The van der Waals surface area contributed by atoms with Crippen molar-refractivity contribution in [1.29, 1.82) is 0 Å². The van der Waals surface area contributed by atoms with Crippen LogP contribution >= 0.6 is 0 Å². The number of amides is 1. The lowest BCUT2D eigenvalue weighted by molar-refractivity contribution is -0.123. The number of nitrogens with one attached hydrogen (secondary N) is 1. The molecule has 98 valence electrons. The van der Waals surface area contributed by atoms with Crippen molar-refractivity contribution in [2.45, 2.75) is 44.7 Å². The molecule has 4 heteroatoms. The van der Waals surface area contributed by atoms with E-state index in [1.54, 1.807) is 26.0 Å². The summed E-state index contributed by atoms with van der Waals surface area (Å²) in [5.41, 5.74) is 6.95. The van der Waals surface area contributed by atoms with Gasteiger partial charge in [-0.05, 0) is 56.4 Å². The van der Waals surface area contributed by atoms with Crippen LogP contribution in [0.5, 0.6) is 5.75 Å². The van der Waals surface area contributed by atoms with Crippen molar-refractivity contribution in [3.8, 4) is 5.75 Å². The Kier molecular flexibility index (Phi) is 3.30. The lowest BCUT2D eigenvalue weighted by Crippen LogP contribution is -2.52. The molecule has 1 unspecified atom stereocenters. The van der Waals surface area contributed by atoms with Gasteiger partial charge in [-0.3, -0.25) is 10.1 Å². The highest BCUT2D eigenvalue weighted by Gasteiger charge is 2.30. The first-order chi connectivity index (χ1) is 8.40. The summed E-state index contributed by atoms with van der Waals surface area (Å²) >= 11 is 0. The molecule has 2 rings (SSSR count). The van der Waals surface area contributed by atoms with Crippen LogP contribution in [-0.2, 0) is 11.2 Å². The van der Waals surface area contributed by atoms with Gasteiger partial charge in [0.1, 0.15) is 5.75 Å². The van der Waals surface area contributed by atoms with E-state index in [0.717, 1.165) is 24.8 Å². The second-order valence-electron chi connectivity index (χ2n) is 5.46. The molecule has 1 aromatic carbocycles. The summed E-state index contributed by atoms with van der Waals surface area (Å²) in [6, 6.07) is 5.52. The van der Waals surface area contributed by atoms with Crippen molar-refractivity contribution >= 4 is 5.91 Å². The second-order valence-corrected chi connectivity index (χ2v) is 5.46. The zero-order chi connectivity index (χ0) is 13.3. The molecule has 0 bridgehead atoms.